The van der Waals surface area contributed by atoms with Gasteiger partial charge in [0.25, 0.3) is 0 Å². The van der Waals surface area contributed by atoms with Crippen LogP contribution in [0.1, 0.15) is 49.8 Å². The van der Waals surface area contributed by atoms with Gasteiger partial charge in [-0.25, -0.2) is 14.2 Å². The minimum Gasteiger partial charge on any atom is -0.444 e. The molecule has 1 unspecified atom stereocenters. The van der Waals surface area contributed by atoms with Gasteiger partial charge in [-0.3, -0.25) is 0 Å². The molecule has 1 amide bonds. The molecule has 0 fully saturated rings. The summed E-state index contributed by atoms with van der Waals surface area (Å²) >= 11 is 1.52. The molecule has 1 aliphatic rings. The molecule has 0 aliphatic heterocycles. The van der Waals surface area contributed by atoms with Crippen molar-refractivity contribution in [3.63, 3.8) is 0 Å². The number of thiazole rings is 1. The van der Waals surface area contributed by atoms with Crippen LogP contribution in [0.2, 0.25) is 0 Å². The van der Waals surface area contributed by atoms with E-state index in [1.54, 1.807) is 6.07 Å². The van der Waals surface area contributed by atoms with Gasteiger partial charge < -0.3 is 10.1 Å². The van der Waals surface area contributed by atoms with Gasteiger partial charge in [-0.1, -0.05) is 18.2 Å². The maximum atomic E-state index is 13.7. The molecule has 3 aromatic rings. The lowest BCUT2D eigenvalue weighted by atomic mass is 9.98. The van der Waals surface area contributed by atoms with Gasteiger partial charge in [0.05, 0.1) is 10.4 Å². The zero-order chi connectivity index (χ0) is 22.9. The topological polar surface area (TPSA) is 75.0 Å². The third-order valence-corrected chi connectivity index (χ3v) is 6.47. The molecule has 0 saturated carbocycles. The summed E-state index contributed by atoms with van der Waals surface area (Å²) in [7, 11) is 0. The van der Waals surface area contributed by atoms with Crippen LogP contribution in [-0.4, -0.2) is 23.2 Å². The first-order valence-electron chi connectivity index (χ1n) is 10.5. The molecule has 2 aromatic carbocycles. The van der Waals surface area contributed by atoms with E-state index in [0.29, 0.717) is 6.54 Å². The number of ether oxygens (including phenoxy) is 1. The summed E-state index contributed by atoms with van der Waals surface area (Å²) in [5, 5.41) is 12.7. The zero-order valence-corrected chi connectivity index (χ0v) is 19.1. The molecule has 7 heteroatoms. The largest absolute Gasteiger partial charge is 0.444 e. The molecule has 32 heavy (non-hydrogen) atoms. The molecule has 0 saturated heterocycles. The van der Waals surface area contributed by atoms with Crippen LogP contribution in [0.3, 0.4) is 0 Å². The van der Waals surface area contributed by atoms with Gasteiger partial charge in [0.15, 0.2) is 0 Å². The summed E-state index contributed by atoms with van der Waals surface area (Å²) in [5.74, 6) is -0.292. The van der Waals surface area contributed by atoms with Crippen molar-refractivity contribution in [1.82, 2.24) is 10.3 Å². The molecule has 0 radical (unpaired) electrons. The van der Waals surface area contributed by atoms with Crippen LogP contribution < -0.4 is 5.32 Å². The third-order valence-electron chi connectivity index (χ3n) is 5.39. The van der Waals surface area contributed by atoms with Crippen molar-refractivity contribution in [3.05, 3.63) is 65.1 Å². The van der Waals surface area contributed by atoms with E-state index in [9.17, 15) is 9.18 Å². The van der Waals surface area contributed by atoms with Crippen molar-refractivity contribution in [1.29, 1.82) is 5.26 Å². The Morgan fingerprint density at radius 1 is 1.34 bits per heavy atom. The molecule has 0 bridgehead atoms. The highest BCUT2D eigenvalue weighted by Crippen LogP contribution is 2.41. The predicted molar refractivity (Wildman–Crippen MR) is 123 cm³/mol. The lowest BCUT2D eigenvalue weighted by molar-refractivity contribution is 0.0524. The minimum absolute atomic E-state index is 0.0141. The fraction of sp³-hybridized carbons (Fsp3) is 0.320. The quantitative estimate of drug-likeness (QED) is 0.527. The van der Waals surface area contributed by atoms with Crippen LogP contribution in [0, 0.1) is 17.1 Å². The Kier molecular flexibility index (Phi) is 5.98. The summed E-state index contributed by atoms with van der Waals surface area (Å²) < 4.78 is 19.0. The molecule has 5 nitrogen and oxygen atoms in total. The standard InChI is InChI=1S/C25H24FN3O2S/c1-25(2,3)31-24(30)29-13-16-7-9-19-18(16)5-4-6-20(19)22-14-28-23(32-22)15-8-10-21(26)17(11-15)12-27/h4-6,8,10-11,14,16H,7,9,13H2,1-3H3,(H,29,30). The number of nitriles is 1. The van der Waals surface area contributed by atoms with E-state index in [1.165, 1.54) is 34.6 Å². The molecule has 1 atom stereocenters. The number of hydrogen-bond acceptors (Lipinski definition) is 5. The SMILES string of the molecule is CC(C)(C)OC(=O)NCC1CCc2c(-c3cnc(-c4ccc(F)c(C#N)c4)s3)cccc21. The number of nitrogens with one attached hydrogen (secondary N) is 1. The number of alkyl carbamates (subject to hydrolysis) is 1. The Balaban J connectivity index is 1.54. The number of amides is 1. The molecular formula is C25H24FN3O2S. The fourth-order valence-corrected chi connectivity index (χ4v) is 4.95. The van der Waals surface area contributed by atoms with Crippen LogP contribution in [0.5, 0.6) is 0 Å². The lowest BCUT2D eigenvalue weighted by Gasteiger charge is -2.21. The number of hydrogen-bond donors (Lipinski definition) is 1. The van der Waals surface area contributed by atoms with Crippen molar-refractivity contribution < 1.29 is 13.9 Å². The van der Waals surface area contributed by atoms with Crippen molar-refractivity contribution in [2.24, 2.45) is 0 Å². The van der Waals surface area contributed by atoms with E-state index in [2.05, 4.69) is 22.4 Å². The summed E-state index contributed by atoms with van der Waals surface area (Å²) in [5.41, 5.74) is 3.87. The molecular weight excluding hydrogens is 425 g/mol. The van der Waals surface area contributed by atoms with Gasteiger partial charge in [0, 0.05) is 24.2 Å². The van der Waals surface area contributed by atoms with Crippen LogP contribution in [-0.2, 0) is 11.2 Å². The number of carbonyl (C=O) groups is 1. The highest BCUT2D eigenvalue weighted by Gasteiger charge is 2.27. The maximum Gasteiger partial charge on any atom is 0.407 e. The number of halogens is 1. The summed E-state index contributed by atoms with van der Waals surface area (Å²) in [6, 6.07) is 12.6. The molecule has 1 N–H and O–H groups in total. The third kappa shape index (κ3) is 4.66. The van der Waals surface area contributed by atoms with Gasteiger partial charge >= 0.3 is 6.09 Å². The number of nitrogens with zero attached hydrogens (tertiary/aromatic N) is 2. The smallest absolute Gasteiger partial charge is 0.407 e. The first-order chi connectivity index (χ1) is 15.2. The number of aromatic nitrogens is 1. The summed E-state index contributed by atoms with van der Waals surface area (Å²) in [6.45, 7) is 6.08. The first kappa shape index (κ1) is 22.0. The molecule has 1 heterocycles. The van der Waals surface area contributed by atoms with Crippen molar-refractivity contribution in [2.75, 3.05) is 6.54 Å². The number of fused-ring (bicyclic) bond motifs is 1. The maximum absolute atomic E-state index is 13.7. The Labute approximate surface area is 190 Å². The van der Waals surface area contributed by atoms with E-state index in [-0.39, 0.29) is 11.5 Å². The molecule has 4 rings (SSSR count). The predicted octanol–water partition coefficient (Wildman–Crippen LogP) is 6.04. The first-order valence-corrected chi connectivity index (χ1v) is 11.3. The Morgan fingerprint density at radius 2 is 2.16 bits per heavy atom. The van der Waals surface area contributed by atoms with Gasteiger partial charge in [-0.05, 0) is 68.5 Å². The Hall–Kier alpha value is -3.24. The fourth-order valence-electron chi connectivity index (χ4n) is 3.98. The van der Waals surface area contributed by atoms with Gasteiger partial charge in [-0.15, -0.1) is 11.3 Å². The molecule has 0 spiro atoms. The van der Waals surface area contributed by atoms with Gasteiger partial charge in [0.1, 0.15) is 22.5 Å². The molecule has 1 aliphatic carbocycles. The number of benzene rings is 2. The second-order valence-electron chi connectivity index (χ2n) is 8.83. The Bertz CT molecular complexity index is 1210. The van der Waals surface area contributed by atoms with Crippen molar-refractivity contribution >= 4 is 17.4 Å². The summed E-state index contributed by atoms with van der Waals surface area (Å²) in [6.07, 6.45) is 3.31. The number of rotatable bonds is 4. The average molecular weight is 450 g/mol. The van der Waals surface area contributed by atoms with E-state index < -0.39 is 17.5 Å². The van der Waals surface area contributed by atoms with Gasteiger partial charge in [-0.2, -0.15) is 5.26 Å². The lowest BCUT2D eigenvalue weighted by Crippen LogP contribution is -2.34. The van der Waals surface area contributed by atoms with Crippen molar-refractivity contribution in [3.8, 4) is 27.1 Å². The normalized spacial score (nSPS) is 15.2. The van der Waals surface area contributed by atoms with Crippen LogP contribution in [0.25, 0.3) is 21.0 Å². The van der Waals surface area contributed by atoms with E-state index in [0.717, 1.165) is 33.9 Å². The minimum atomic E-state index is -0.528. The zero-order valence-electron chi connectivity index (χ0n) is 18.2. The summed E-state index contributed by atoms with van der Waals surface area (Å²) in [4.78, 5) is 17.6. The second kappa shape index (κ2) is 8.71. The van der Waals surface area contributed by atoms with E-state index in [4.69, 9.17) is 10.00 Å². The molecule has 1 aromatic heterocycles. The second-order valence-corrected chi connectivity index (χ2v) is 9.86. The average Bonchev–Trinajstić information content (AvgIpc) is 3.39. The van der Waals surface area contributed by atoms with Crippen LogP contribution in [0.4, 0.5) is 9.18 Å². The Morgan fingerprint density at radius 3 is 2.91 bits per heavy atom. The van der Waals surface area contributed by atoms with Crippen LogP contribution in [0.15, 0.2) is 42.6 Å². The van der Waals surface area contributed by atoms with Gasteiger partial charge in [0.2, 0.25) is 0 Å². The van der Waals surface area contributed by atoms with E-state index in [1.807, 2.05) is 39.1 Å². The highest BCUT2D eigenvalue weighted by molar-refractivity contribution is 7.18. The van der Waals surface area contributed by atoms with Crippen LogP contribution >= 0.6 is 11.3 Å². The monoisotopic (exact) mass is 449 g/mol. The van der Waals surface area contributed by atoms with Crippen molar-refractivity contribution in [2.45, 2.75) is 45.1 Å². The number of carbonyl (C=O) groups excluding carboxylic acids is 1. The molecule has 164 valence electrons. The highest BCUT2D eigenvalue weighted by atomic mass is 32.1. The van der Waals surface area contributed by atoms with E-state index >= 15 is 0 Å².